The van der Waals surface area contributed by atoms with Crippen molar-refractivity contribution >= 4 is 12.0 Å². The molecule has 1 N–H and O–H groups in total. The van der Waals surface area contributed by atoms with E-state index in [2.05, 4.69) is 44.3 Å². The SMILES string of the molecule is CC(C)(C)COC(=O)N1CCC2(CCc3cc(-c4ccc(C(=O)N[C@@H]5CCOC5)cc4)ccc3O2)CC1. The van der Waals surface area contributed by atoms with Gasteiger partial charge < -0.3 is 24.4 Å². The average molecular weight is 507 g/mol. The fourth-order valence-corrected chi connectivity index (χ4v) is 5.25. The Morgan fingerprint density at radius 1 is 1.05 bits per heavy atom. The number of aryl methyl sites for hydroxylation is 1. The molecule has 1 atom stereocenters. The molecule has 2 saturated heterocycles. The molecule has 198 valence electrons. The van der Waals surface area contributed by atoms with Crippen molar-refractivity contribution < 1.29 is 23.8 Å². The number of hydrogen-bond donors (Lipinski definition) is 1. The number of carbonyl (C=O) groups excluding carboxylic acids is 2. The Labute approximate surface area is 219 Å². The lowest BCUT2D eigenvalue weighted by molar-refractivity contribution is -0.0171. The van der Waals surface area contributed by atoms with E-state index >= 15 is 0 Å². The molecule has 0 aliphatic carbocycles. The van der Waals surface area contributed by atoms with E-state index in [0.29, 0.717) is 38.5 Å². The van der Waals surface area contributed by atoms with Crippen LogP contribution in [0.15, 0.2) is 42.5 Å². The van der Waals surface area contributed by atoms with Gasteiger partial charge in [-0.1, -0.05) is 39.0 Å². The van der Waals surface area contributed by atoms with E-state index in [1.165, 1.54) is 5.56 Å². The molecule has 3 heterocycles. The van der Waals surface area contributed by atoms with Crippen LogP contribution in [0.1, 0.15) is 62.4 Å². The molecule has 2 fully saturated rings. The molecular weight excluding hydrogens is 468 g/mol. The number of piperidine rings is 1. The molecule has 2 aromatic rings. The lowest BCUT2D eigenvalue weighted by atomic mass is 9.82. The summed E-state index contributed by atoms with van der Waals surface area (Å²) in [5.41, 5.74) is 3.81. The Balaban J connectivity index is 1.18. The maximum Gasteiger partial charge on any atom is 0.409 e. The third-order valence-electron chi connectivity index (χ3n) is 7.54. The molecule has 0 aromatic heterocycles. The van der Waals surface area contributed by atoms with E-state index in [4.69, 9.17) is 14.2 Å². The predicted octanol–water partition coefficient (Wildman–Crippen LogP) is 5.21. The van der Waals surface area contributed by atoms with Gasteiger partial charge in [-0.25, -0.2) is 4.79 Å². The van der Waals surface area contributed by atoms with Gasteiger partial charge in [0.15, 0.2) is 0 Å². The predicted molar refractivity (Wildman–Crippen MR) is 142 cm³/mol. The normalized spacial score (nSPS) is 20.7. The van der Waals surface area contributed by atoms with Gasteiger partial charge in [0.1, 0.15) is 11.4 Å². The molecule has 1 spiro atoms. The van der Waals surface area contributed by atoms with E-state index in [9.17, 15) is 9.59 Å². The molecule has 3 aliphatic heterocycles. The van der Waals surface area contributed by atoms with E-state index in [1.807, 2.05) is 29.2 Å². The summed E-state index contributed by atoms with van der Waals surface area (Å²) in [6.07, 6.45) is 4.16. The van der Waals surface area contributed by atoms with Crippen LogP contribution >= 0.6 is 0 Å². The second kappa shape index (κ2) is 10.4. The summed E-state index contributed by atoms with van der Waals surface area (Å²) in [4.78, 5) is 26.8. The standard InChI is InChI=1S/C30H38N2O5/c1-29(2,3)20-36-28(34)32-15-13-30(14-16-32)12-10-24-18-23(8-9-26(24)37-30)21-4-6-22(7-5-21)27(33)31-25-11-17-35-19-25/h4-9,18,25H,10-17,19-20H2,1-3H3,(H,31,33)/t25-/m1/s1. The van der Waals surface area contributed by atoms with Gasteiger partial charge in [-0.3, -0.25) is 4.79 Å². The Morgan fingerprint density at radius 3 is 2.46 bits per heavy atom. The summed E-state index contributed by atoms with van der Waals surface area (Å²) in [5, 5.41) is 3.04. The number of benzene rings is 2. The Kier molecular flexibility index (Phi) is 7.17. The number of nitrogens with zero attached hydrogens (tertiary/aromatic N) is 1. The van der Waals surface area contributed by atoms with Gasteiger partial charge in [0, 0.05) is 38.1 Å². The third-order valence-corrected chi connectivity index (χ3v) is 7.54. The van der Waals surface area contributed by atoms with Crippen molar-refractivity contribution in [2.75, 3.05) is 32.9 Å². The van der Waals surface area contributed by atoms with Crippen molar-refractivity contribution in [3.63, 3.8) is 0 Å². The number of rotatable bonds is 4. The second-order valence-electron chi connectivity index (χ2n) is 11.8. The van der Waals surface area contributed by atoms with Gasteiger partial charge >= 0.3 is 6.09 Å². The Hall–Kier alpha value is -3.06. The molecule has 0 unspecified atom stereocenters. The molecule has 0 radical (unpaired) electrons. The smallest absolute Gasteiger partial charge is 0.409 e. The van der Waals surface area contributed by atoms with E-state index < -0.39 is 0 Å². The molecule has 37 heavy (non-hydrogen) atoms. The fourth-order valence-electron chi connectivity index (χ4n) is 5.25. The number of likely N-dealkylation sites (tertiary alicyclic amines) is 1. The number of carbonyl (C=O) groups is 2. The maximum atomic E-state index is 12.5. The first-order chi connectivity index (χ1) is 17.7. The first-order valence-electron chi connectivity index (χ1n) is 13.4. The number of fused-ring (bicyclic) bond motifs is 1. The third kappa shape index (κ3) is 6.09. The van der Waals surface area contributed by atoms with Gasteiger partial charge in [-0.2, -0.15) is 0 Å². The van der Waals surface area contributed by atoms with Gasteiger partial charge in [-0.05, 0) is 65.6 Å². The summed E-state index contributed by atoms with van der Waals surface area (Å²) < 4.78 is 17.4. The maximum absolute atomic E-state index is 12.5. The highest BCUT2D eigenvalue weighted by molar-refractivity contribution is 5.95. The van der Waals surface area contributed by atoms with Gasteiger partial charge in [0.05, 0.1) is 19.3 Å². The van der Waals surface area contributed by atoms with Crippen LogP contribution in [0.2, 0.25) is 0 Å². The first-order valence-corrected chi connectivity index (χ1v) is 13.4. The largest absolute Gasteiger partial charge is 0.487 e. The number of hydrogen-bond acceptors (Lipinski definition) is 5. The van der Waals surface area contributed by atoms with Crippen LogP contribution in [0, 0.1) is 5.41 Å². The minimum Gasteiger partial charge on any atom is -0.487 e. The minimum atomic E-state index is -0.221. The monoisotopic (exact) mass is 506 g/mol. The van der Waals surface area contributed by atoms with Crippen molar-refractivity contribution in [1.29, 1.82) is 0 Å². The zero-order chi connectivity index (χ0) is 26.0. The van der Waals surface area contributed by atoms with Crippen LogP contribution in [0.3, 0.4) is 0 Å². The molecule has 0 saturated carbocycles. The number of ether oxygens (including phenoxy) is 3. The van der Waals surface area contributed by atoms with E-state index in [-0.39, 0.29) is 29.1 Å². The topological polar surface area (TPSA) is 77.1 Å². The number of amides is 2. The van der Waals surface area contributed by atoms with Gasteiger partial charge in [-0.15, -0.1) is 0 Å². The fraction of sp³-hybridized carbons (Fsp3) is 0.533. The van der Waals surface area contributed by atoms with Crippen LogP contribution in [0.4, 0.5) is 4.79 Å². The van der Waals surface area contributed by atoms with E-state index in [0.717, 1.165) is 49.0 Å². The molecule has 7 nitrogen and oxygen atoms in total. The van der Waals surface area contributed by atoms with Crippen molar-refractivity contribution in [1.82, 2.24) is 10.2 Å². The lowest BCUT2D eigenvalue weighted by Gasteiger charge is -2.44. The summed E-state index contributed by atoms with van der Waals surface area (Å²) in [6.45, 7) is 9.21. The number of nitrogens with one attached hydrogen (secondary N) is 1. The Bertz CT molecular complexity index is 1120. The molecule has 2 aromatic carbocycles. The summed E-state index contributed by atoms with van der Waals surface area (Å²) in [5.74, 6) is 0.883. The van der Waals surface area contributed by atoms with Crippen molar-refractivity contribution in [2.45, 2.75) is 64.5 Å². The van der Waals surface area contributed by atoms with Crippen LogP contribution in [-0.2, 0) is 15.9 Å². The van der Waals surface area contributed by atoms with Gasteiger partial charge in [0.2, 0.25) is 0 Å². The van der Waals surface area contributed by atoms with Crippen molar-refractivity contribution in [3.8, 4) is 16.9 Å². The van der Waals surface area contributed by atoms with Crippen LogP contribution in [0.25, 0.3) is 11.1 Å². The zero-order valence-electron chi connectivity index (χ0n) is 22.2. The highest BCUT2D eigenvalue weighted by atomic mass is 16.6. The van der Waals surface area contributed by atoms with Crippen LogP contribution in [-0.4, -0.2) is 61.5 Å². The molecule has 7 heteroatoms. The highest BCUT2D eigenvalue weighted by Gasteiger charge is 2.41. The summed E-state index contributed by atoms with van der Waals surface area (Å²) >= 11 is 0. The quantitative estimate of drug-likeness (QED) is 0.616. The van der Waals surface area contributed by atoms with Crippen LogP contribution < -0.4 is 10.1 Å². The summed E-state index contributed by atoms with van der Waals surface area (Å²) in [7, 11) is 0. The van der Waals surface area contributed by atoms with Crippen LogP contribution in [0.5, 0.6) is 5.75 Å². The molecular formula is C30H38N2O5. The highest BCUT2D eigenvalue weighted by Crippen LogP contribution is 2.41. The van der Waals surface area contributed by atoms with Crippen molar-refractivity contribution in [2.24, 2.45) is 5.41 Å². The van der Waals surface area contributed by atoms with E-state index in [1.54, 1.807) is 0 Å². The molecule has 5 rings (SSSR count). The first kappa shape index (κ1) is 25.6. The zero-order valence-corrected chi connectivity index (χ0v) is 22.2. The minimum absolute atomic E-state index is 0.0385. The van der Waals surface area contributed by atoms with Gasteiger partial charge in [0.25, 0.3) is 5.91 Å². The van der Waals surface area contributed by atoms with Crippen molar-refractivity contribution in [3.05, 3.63) is 53.6 Å². The lowest BCUT2D eigenvalue weighted by Crippen LogP contribution is -2.51. The average Bonchev–Trinajstić information content (AvgIpc) is 3.40. The molecule has 3 aliphatic rings. The molecule has 0 bridgehead atoms. The molecule has 2 amide bonds. The Morgan fingerprint density at radius 2 is 1.78 bits per heavy atom. The summed E-state index contributed by atoms with van der Waals surface area (Å²) in [6, 6.07) is 14.2. The second-order valence-corrected chi connectivity index (χ2v) is 11.8.